The molecule has 0 saturated heterocycles. The summed E-state index contributed by atoms with van der Waals surface area (Å²) in [7, 11) is 0. The van der Waals surface area contributed by atoms with Crippen LogP contribution in [0, 0.1) is 18.2 Å². The number of aromatic nitrogens is 2. The topological polar surface area (TPSA) is 14.2 Å². The van der Waals surface area contributed by atoms with Crippen LogP contribution in [0.25, 0.3) is 115 Å². The van der Waals surface area contributed by atoms with Crippen molar-refractivity contribution in [2.24, 2.45) is 0 Å². The van der Waals surface area contributed by atoms with Crippen molar-refractivity contribution in [2.45, 2.75) is 0 Å². The SMILES string of the molecule is [C-]#[N+]c1c(-n2c3cc(-c4ccccc4)ccc3c3ccc(-c4ccccc4)cc32)ccc(-c2cc(F)cc(F)c2)c1-n1c2cc(-c3ccccc3)ccc2c2ccc(-c3ccccc3)cc21. The molecule has 0 spiro atoms. The number of hydrogen-bond donors (Lipinski definition) is 0. The molecule has 0 N–H and O–H groups in total. The molecule has 12 aromatic rings. The zero-order chi connectivity index (χ0) is 44.3. The maximum Gasteiger partial charge on any atom is 0.234 e. The smallest absolute Gasteiger partial charge is 0.234 e. The highest BCUT2D eigenvalue weighted by molar-refractivity contribution is 6.14. The third kappa shape index (κ3) is 6.47. The maximum atomic E-state index is 15.5. The predicted molar refractivity (Wildman–Crippen MR) is 268 cm³/mol. The average molecular weight is 850 g/mol. The Balaban J connectivity index is 1.24. The third-order valence-electron chi connectivity index (χ3n) is 12.8. The maximum absolute atomic E-state index is 15.5. The molecule has 0 saturated carbocycles. The second-order valence-corrected chi connectivity index (χ2v) is 16.7. The van der Waals surface area contributed by atoms with Crippen LogP contribution in [-0.4, -0.2) is 9.13 Å². The number of nitrogens with zero attached hydrogens (tertiary/aromatic N) is 3. The van der Waals surface area contributed by atoms with Gasteiger partial charge in [0.05, 0.1) is 40.0 Å². The number of halogens is 2. The standard InChI is InChI=1S/C61H37F2N3/c1-64-60-55(65-56-34-43(39-14-6-2-7-15-39)22-26-51(56)52-27-23-44(35-57(52)65)40-16-8-3-9-17-40)31-30-50(47-32-48(62)38-49(63)33-47)61(60)66-58-36-45(41-18-10-4-11-19-41)24-28-53(58)54-29-25-46(37-59(54)66)42-20-12-5-13-21-42/h2-38H. The summed E-state index contributed by atoms with van der Waals surface area (Å²) in [5, 5.41) is 4.04. The van der Waals surface area contributed by atoms with Gasteiger partial charge in [0.2, 0.25) is 5.69 Å². The summed E-state index contributed by atoms with van der Waals surface area (Å²) in [5.41, 5.74) is 14.2. The monoisotopic (exact) mass is 849 g/mol. The minimum absolute atomic E-state index is 0.326. The van der Waals surface area contributed by atoms with E-state index in [1.807, 2.05) is 84.9 Å². The van der Waals surface area contributed by atoms with Crippen LogP contribution < -0.4 is 0 Å². The van der Waals surface area contributed by atoms with Gasteiger partial charge >= 0.3 is 0 Å². The van der Waals surface area contributed by atoms with Crippen LogP contribution in [-0.2, 0) is 0 Å². The number of hydrogen-bond acceptors (Lipinski definition) is 0. The van der Waals surface area contributed by atoms with Crippen LogP contribution in [0.2, 0.25) is 0 Å². The second-order valence-electron chi connectivity index (χ2n) is 16.7. The van der Waals surface area contributed by atoms with E-state index in [0.717, 1.165) is 94.2 Å². The summed E-state index contributed by atoms with van der Waals surface area (Å²) in [6.07, 6.45) is 0. The number of rotatable bonds is 7. The van der Waals surface area contributed by atoms with Gasteiger partial charge < -0.3 is 9.13 Å². The third-order valence-corrected chi connectivity index (χ3v) is 12.8. The van der Waals surface area contributed by atoms with Crippen LogP contribution in [0.5, 0.6) is 0 Å². The van der Waals surface area contributed by atoms with Crippen LogP contribution in [0.4, 0.5) is 14.5 Å². The van der Waals surface area contributed by atoms with Crippen LogP contribution in [0.15, 0.2) is 224 Å². The largest absolute Gasteiger partial charge is 0.319 e. The lowest BCUT2D eigenvalue weighted by Gasteiger charge is -2.21. The van der Waals surface area contributed by atoms with Crippen LogP contribution >= 0.6 is 0 Å². The van der Waals surface area contributed by atoms with Gasteiger partial charge in [0, 0.05) is 27.6 Å². The molecule has 0 unspecified atom stereocenters. The van der Waals surface area contributed by atoms with Gasteiger partial charge in [0.25, 0.3) is 0 Å². The zero-order valence-corrected chi connectivity index (χ0v) is 35.5. The summed E-state index contributed by atoms with van der Waals surface area (Å²) in [6, 6.07) is 74.5. The first-order valence-electron chi connectivity index (χ1n) is 21.9. The highest BCUT2D eigenvalue weighted by atomic mass is 19.1. The van der Waals surface area contributed by atoms with E-state index in [-0.39, 0.29) is 0 Å². The Morgan fingerprint density at radius 1 is 0.318 bits per heavy atom. The number of fused-ring (bicyclic) bond motifs is 6. The molecular formula is C61H37F2N3. The Morgan fingerprint density at radius 2 is 0.667 bits per heavy atom. The average Bonchev–Trinajstić information content (AvgIpc) is 3.87. The Labute approximate surface area is 380 Å². The molecule has 2 heterocycles. The van der Waals surface area contributed by atoms with E-state index < -0.39 is 11.6 Å². The van der Waals surface area contributed by atoms with Crippen molar-refractivity contribution in [3.05, 3.63) is 248 Å². The Hall–Kier alpha value is -8.85. The Morgan fingerprint density at radius 3 is 1.02 bits per heavy atom. The molecule has 0 aliphatic carbocycles. The first-order valence-corrected chi connectivity index (χ1v) is 21.9. The normalized spacial score (nSPS) is 11.5. The molecular weight excluding hydrogens is 813 g/mol. The summed E-state index contributed by atoms with van der Waals surface area (Å²) < 4.78 is 35.3. The van der Waals surface area contributed by atoms with Crippen LogP contribution in [0.3, 0.4) is 0 Å². The van der Waals surface area contributed by atoms with Crippen molar-refractivity contribution in [3.63, 3.8) is 0 Å². The van der Waals surface area contributed by atoms with Gasteiger partial charge in [-0.3, -0.25) is 0 Å². The summed E-state index contributed by atoms with van der Waals surface area (Å²) >= 11 is 0. The summed E-state index contributed by atoms with van der Waals surface area (Å²) in [5.74, 6) is -1.40. The molecule has 0 aliphatic heterocycles. The first-order chi connectivity index (χ1) is 32.5. The molecule has 5 heteroatoms. The molecule has 3 nitrogen and oxygen atoms in total. The van der Waals surface area contributed by atoms with Gasteiger partial charge in [-0.25, -0.2) is 13.6 Å². The summed E-state index contributed by atoms with van der Waals surface area (Å²) in [6.45, 7) is 9.26. The quantitative estimate of drug-likeness (QED) is 0.142. The van der Waals surface area contributed by atoms with Gasteiger partial charge in [-0.05, 0) is 98.1 Å². The molecule has 0 bridgehead atoms. The molecule has 0 aliphatic rings. The van der Waals surface area contributed by atoms with E-state index in [4.69, 9.17) is 0 Å². The highest BCUT2D eigenvalue weighted by Gasteiger charge is 2.26. The zero-order valence-electron chi connectivity index (χ0n) is 35.5. The van der Waals surface area contributed by atoms with E-state index in [2.05, 4.69) is 135 Å². The van der Waals surface area contributed by atoms with Crippen molar-refractivity contribution < 1.29 is 8.78 Å². The fourth-order valence-corrected chi connectivity index (χ4v) is 9.81. The minimum Gasteiger partial charge on any atom is -0.319 e. The fourth-order valence-electron chi connectivity index (χ4n) is 9.81. The van der Waals surface area contributed by atoms with Crippen molar-refractivity contribution in [3.8, 4) is 67.0 Å². The van der Waals surface area contributed by atoms with Gasteiger partial charge in [0.1, 0.15) is 11.6 Å². The molecule has 310 valence electrons. The summed E-state index contributed by atoms with van der Waals surface area (Å²) in [4.78, 5) is 4.48. The highest BCUT2D eigenvalue weighted by Crippen LogP contribution is 2.47. The van der Waals surface area contributed by atoms with E-state index in [0.29, 0.717) is 28.2 Å². The van der Waals surface area contributed by atoms with E-state index >= 15 is 8.78 Å². The second kappa shape index (κ2) is 15.7. The van der Waals surface area contributed by atoms with E-state index in [1.54, 1.807) is 0 Å². The molecule has 10 aromatic carbocycles. The van der Waals surface area contributed by atoms with E-state index in [9.17, 15) is 6.57 Å². The molecule has 0 fully saturated rings. The van der Waals surface area contributed by atoms with Crippen molar-refractivity contribution in [1.29, 1.82) is 0 Å². The molecule has 0 radical (unpaired) electrons. The van der Waals surface area contributed by atoms with Gasteiger partial charge in [-0.1, -0.05) is 176 Å². The van der Waals surface area contributed by atoms with Crippen LogP contribution in [0.1, 0.15) is 0 Å². The Kier molecular flexibility index (Phi) is 9.25. The fraction of sp³-hybridized carbons (Fsp3) is 0. The lowest BCUT2D eigenvalue weighted by Crippen LogP contribution is -2.03. The van der Waals surface area contributed by atoms with Crippen molar-refractivity contribution in [2.75, 3.05) is 0 Å². The van der Waals surface area contributed by atoms with E-state index in [1.165, 1.54) is 12.1 Å². The molecule has 66 heavy (non-hydrogen) atoms. The molecule has 0 atom stereocenters. The molecule has 2 aromatic heterocycles. The van der Waals surface area contributed by atoms with Gasteiger partial charge in [-0.15, -0.1) is 0 Å². The minimum atomic E-state index is -0.700. The first kappa shape index (κ1) is 38.8. The molecule has 0 amide bonds. The van der Waals surface area contributed by atoms with Crippen molar-refractivity contribution in [1.82, 2.24) is 9.13 Å². The van der Waals surface area contributed by atoms with Gasteiger partial charge in [0.15, 0.2) is 0 Å². The van der Waals surface area contributed by atoms with Crippen molar-refractivity contribution >= 4 is 49.3 Å². The lowest BCUT2D eigenvalue weighted by molar-refractivity contribution is 0.584. The predicted octanol–water partition coefficient (Wildman–Crippen LogP) is 17.0. The van der Waals surface area contributed by atoms with Gasteiger partial charge in [-0.2, -0.15) is 0 Å². The lowest BCUT2D eigenvalue weighted by atomic mass is 9.99. The Bertz CT molecular complexity index is 3670. The number of benzene rings is 10. The molecule has 12 rings (SSSR count).